The Morgan fingerprint density at radius 3 is 2.32 bits per heavy atom. The summed E-state index contributed by atoms with van der Waals surface area (Å²) in [5, 5.41) is 7.65. The van der Waals surface area contributed by atoms with E-state index >= 15 is 0 Å². The second-order valence-corrected chi connectivity index (χ2v) is 8.00. The van der Waals surface area contributed by atoms with Crippen LogP contribution < -0.4 is 0 Å². The highest BCUT2D eigenvalue weighted by atomic mass is 32.2. The summed E-state index contributed by atoms with van der Waals surface area (Å²) < 4.78 is 31.6. The molecule has 0 saturated heterocycles. The van der Waals surface area contributed by atoms with Gasteiger partial charge in [0.2, 0.25) is 0 Å². The van der Waals surface area contributed by atoms with Crippen molar-refractivity contribution in [3.05, 3.63) is 41.7 Å². The molecule has 0 amide bonds. The van der Waals surface area contributed by atoms with Gasteiger partial charge in [-0.2, -0.15) is 8.42 Å². The highest BCUT2D eigenvalue weighted by Gasteiger charge is 2.23. The van der Waals surface area contributed by atoms with Crippen molar-refractivity contribution < 1.29 is 13.2 Å². The molecule has 1 aromatic heterocycles. The van der Waals surface area contributed by atoms with E-state index in [1.807, 2.05) is 34.6 Å². The summed E-state index contributed by atoms with van der Waals surface area (Å²) in [5.41, 5.74) is 1.12. The Morgan fingerprint density at radius 1 is 1.18 bits per heavy atom. The Bertz CT molecular complexity index is 743. The molecule has 1 heterocycles. The van der Waals surface area contributed by atoms with Crippen LogP contribution in [0.15, 0.2) is 35.4 Å². The lowest BCUT2D eigenvalue weighted by Crippen LogP contribution is -2.21. The van der Waals surface area contributed by atoms with Gasteiger partial charge in [-0.3, -0.25) is 0 Å². The predicted octanol–water partition coefficient (Wildman–Crippen LogP) is 2.70. The van der Waals surface area contributed by atoms with Gasteiger partial charge in [-0.15, -0.1) is 9.19 Å². The molecular formula is C15H21N3O3S. The molecule has 1 atom stereocenters. The van der Waals surface area contributed by atoms with Crippen molar-refractivity contribution in [3.8, 4) is 0 Å². The van der Waals surface area contributed by atoms with Gasteiger partial charge in [0, 0.05) is 0 Å². The van der Waals surface area contributed by atoms with Crippen LogP contribution in [0.3, 0.4) is 0 Å². The number of benzene rings is 1. The van der Waals surface area contributed by atoms with Crippen LogP contribution >= 0.6 is 0 Å². The molecule has 7 heteroatoms. The minimum absolute atomic E-state index is 0.180. The lowest BCUT2D eigenvalue weighted by molar-refractivity contribution is -0.0547. The fourth-order valence-corrected chi connectivity index (χ4v) is 3.05. The fraction of sp³-hybridized carbons (Fsp3) is 0.467. The maximum absolute atomic E-state index is 12.5. The molecule has 0 aliphatic carbocycles. The van der Waals surface area contributed by atoms with Crippen LogP contribution in [0.5, 0.6) is 0 Å². The highest BCUT2D eigenvalue weighted by molar-refractivity contribution is 7.89. The molecule has 6 nitrogen and oxygen atoms in total. The normalized spacial score (nSPS) is 14.0. The molecule has 0 fully saturated rings. The Hall–Kier alpha value is -1.73. The molecule has 0 N–H and O–H groups in total. The van der Waals surface area contributed by atoms with E-state index in [0.29, 0.717) is 5.69 Å². The smallest absolute Gasteiger partial charge is 0.284 e. The third-order valence-electron chi connectivity index (χ3n) is 3.00. The quantitative estimate of drug-likeness (QED) is 0.865. The van der Waals surface area contributed by atoms with Crippen LogP contribution in [-0.4, -0.2) is 28.4 Å². The largest absolute Gasteiger partial charge is 0.366 e. The monoisotopic (exact) mass is 323 g/mol. The lowest BCUT2D eigenvalue weighted by atomic mass is 10.2. The molecule has 0 aliphatic heterocycles. The van der Waals surface area contributed by atoms with Gasteiger partial charge in [0.1, 0.15) is 11.8 Å². The Labute approximate surface area is 131 Å². The average Bonchev–Trinajstić information content (AvgIpc) is 2.87. The first-order valence-electron chi connectivity index (χ1n) is 7.02. The van der Waals surface area contributed by atoms with Crippen LogP contribution in [0.4, 0.5) is 0 Å². The number of ether oxygens (including phenoxy) is 1. The lowest BCUT2D eigenvalue weighted by Gasteiger charge is -2.23. The van der Waals surface area contributed by atoms with Crippen molar-refractivity contribution >= 4 is 10.0 Å². The summed E-state index contributed by atoms with van der Waals surface area (Å²) in [4.78, 5) is 0.180. The van der Waals surface area contributed by atoms with Crippen LogP contribution in [0.25, 0.3) is 0 Å². The first-order chi connectivity index (χ1) is 10.1. The highest BCUT2D eigenvalue weighted by Crippen LogP contribution is 2.22. The summed E-state index contributed by atoms with van der Waals surface area (Å²) >= 11 is 0. The van der Waals surface area contributed by atoms with Gasteiger partial charge >= 0.3 is 0 Å². The summed E-state index contributed by atoms with van der Waals surface area (Å²) in [5.74, 6) is 0. The van der Waals surface area contributed by atoms with Gasteiger partial charge < -0.3 is 4.74 Å². The maximum Gasteiger partial charge on any atom is 0.284 e. The molecule has 0 saturated carbocycles. The SMILES string of the molecule is Cc1ccc(S(=O)(=O)n2cc(C(C)OC(C)(C)C)nn2)cc1. The van der Waals surface area contributed by atoms with Crippen LogP contribution in [-0.2, 0) is 14.8 Å². The van der Waals surface area contributed by atoms with Gasteiger partial charge in [0.25, 0.3) is 10.0 Å². The molecule has 2 rings (SSSR count). The van der Waals surface area contributed by atoms with Gasteiger partial charge in [-0.05, 0) is 46.8 Å². The predicted molar refractivity (Wildman–Crippen MR) is 83.0 cm³/mol. The third-order valence-corrected chi connectivity index (χ3v) is 4.54. The van der Waals surface area contributed by atoms with Gasteiger partial charge in [-0.25, -0.2) is 0 Å². The molecule has 22 heavy (non-hydrogen) atoms. The van der Waals surface area contributed by atoms with Crippen molar-refractivity contribution in [1.82, 2.24) is 14.4 Å². The Balaban J connectivity index is 2.29. The first-order valence-corrected chi connectivity index (χ1v) is 8.46. The van der Waals surface area contributed by atoms with Crippen LogP contribution in [0, 0.1) is 6.92 Å². The zero-order chi connectivity index (χ0) is 16.5. The third kappa shape index (κ3) is 3.72. The van der Waals surface area contributed by atoms with E-state index in [-0.39, 0.29) is 16.6 Å². The molecule has 0 aliphatic rings. The molecule has 0 radical (unpaired) electrons. The van der Waals surface area contributed by atoms with E-state index in [1.54, 1.807) is 24.3 Å². The molecule has 0 bridgehead atoms. The van der Waals surface area contributed by atoms with Crippen LogP contribution in [0.1, 0.15) is 45.1 Å². The van der Waals surface area contributed by atoms with Crippen molar-refractivity contribution in [2.24, 2.45) is 0 Å². The van der Waals surface area contributed by atoms with Crippen molar-refractivity contribution in [2.75, 3.05) is 0 Å². The van der Waals surface area contributed by atoms with Gasteiger partial charge in [0.05, 0.1) is 16.7 Å². The number of rotatable bonds is 4. The number of hydrogen-bond acceptors (Lipinski definition) is 5. The van der Waals surface area contributed by atoms with Gasteiger partial charge in [0.15, 0.2) is 0 Å². The number of hydrogen-bond donors (Lipinski definition) is 0. The topological polar surface area (TPSA) is 74.1 Å². The van der Waals surface area contributed by atoms with E-state index in [1.165, 1.54) is 6.20 Å². The minimum atomic E-state index is -3.72. The van der Waals surface area contributed by atoms with Crippen molar-refractivity contribution in [1.29, 1.82) is 0 Å². The molecular weight excluding hydrogens is 302 g/mol. The molecule has 0 spiro atoms. The Kier molecular flexibility index (Phi) is 4.39. The number of aromatic nitrogens is 3. The van der Waals surface area contributed by atoms with E-state index < -0.39 is 10.0 Å². The molecule has 1 aromatic carbocycles. The summed E-state index contributed by atoms with van der Waals surface area (Å²) in [6.07, 6.45) is 1.05. The van der Waals surface area contributed by atoms with E-state index in [9.17, 15) is 8.42 Å². The van der Waals surface area contributed by atoms with Crippen molar-refractivity contribution in [3.63, 3.8) is 0 Å². The minimum Gasteiger partial charge on any atom is -0.366 e. The summed E-state index contributed by atoms with van der Waals surface area (Å²) in [6, 6.07) is 6.61. The summed E-state index contributed by atoms with van der Waals surface area (Å²) in [6.45, 7) is 9.50. The van der Waals surface area contributed by atoms with E-state index in [4.69, 9.17) is 4.74 Å². The van der Waals surface area contributed by atoms with Crippen molar-refractivity contribution in [2.45, 2.75) is 51.2 Å². The first kappa shape index (κ1) is 16.6. The second kappa shape index (κ2) is 5.81. The zero-order valence-electron chi connectivity index (χ0n) is 13.4. The van der Waals surface area contributed by atoms with Crippen LogP contribution in [0.2, 0.25) is 0 Å². The average molecular weight is 323 g/mol. The molecule has 1 unspecified atom stereocenters. The van der Waals surface area contributed by atoms with Gasteiger partial charge in [-0.1, -0.05) is 22.9 Å². The zero-order valence-corrected chi connectivity index (χ0v) is 14.3. The Morgan fingerprint density at radius 2 is 1.77 bits per heavy atom. The van der Waals surface area contributed by atoms with E-state index in [0.717, 1.165) is 9.65 Å². The molecule has 120 valence electrons. The maximum atomic E-state index is 12.5. The number of aryl methyl sites for hydroxylation is 1. The van der Waals surface area contributed by atoms with E-state index in [2.05, 4.69) is 10.3 Å². The number of nitrogens with zero attached hydrogens (tertiary/aromatic N) is 3. The molecule has 2 aromatic rings. The summed E-state index contributed by atoms with van der Waals surface area (Å²) in [7, 11) is -3.72. The fourth-order valence-electron chi connectivity index (χ4n) is 1.97. The standard InChI is InChI=1S/C15H21N3O3S/c1-11-6-8-13(9-7-11)22(19,20)18-10-14(16-17-18)12(2)21-15(3,4)5/h6-10,12H,1-5H3. The second-order valence-electron chi connectivity index (χ2n) is 6.21.